The van der Waals surface area contributed by atoms with Crippen LogP contribution in [-0.2, 0) is 7.05 Å². The third-order valence-electron chi connectivity index (χ3n) is 2.77. The number of hydrogen-bond acceptors (Lipinski definition) is 5. The van der Waals surface area contributed by atoms with Gasteiger partial charge in [-0.3, -0.25) is 0 Å². The van der Waals surface area contributed by atoms with Gasteiger partial charge in [0, 0.05) is 31.2 Å². The van der Waals surface area contributed by atoms with E-state index in [0.717, 1.165) is 23.1 Å². The number of nitrogens with zero attached hydrogens (tertiary/aromatic N) is 4. The predicted molar refractivity (Wildman–Crippen MR) is 78.4 cm³/mol. The molecule has 0 amide bonds. The molecule has 100 valence electrons. The Morgan fingerprint density at radius 2 is 2.00 bits per heavy atom. The molecule has 0 atom stereocenters. The molecule has 0 aliphatic rings. The topological polar surface area (TPSA) is 57.9 Å². The second kappa shape index (κ2) is 6.40. The van der Waals surface area contributed by atoms with Crippen molar-refractivity contribution in [1.82, 2.24) is 0 Å². The van der Waals surface area contributed by atoms with E-state index in [-0.39, 0.29) is 0 Å². The van der Waals surface area contributed by atoms with Gasteiger partial charge in [0.1, 0.15) is 11.9 Å². The van der Waals surface area contributed by atoms with Gasteiger partial charge in [0.25, 0.3) is 0 Å². The number of hydrogen-bond donors (Lipinski definition) is 1. The molecule has 5 nitrogen and oxygen atoms in total. The minimum atomic E-state index is 0.646. The van der Waals surface area contributed by atoms with Crippen molar-refractivity contribution < 1.29 is 4.57 Å². The first-order valence-electron chi connectivity index (χ1n) is 6.07. The highest BCUT2D eigenvalue weighted by molar-refractivity contribution is 7.12. The molecule has 1 aromatic carbocycles. The van der Waals surface area contributed by atoms with E-state index >= 15 is 0 Å². The third-order valence-corrected chi connectivity index (χ3v) is 3.60. The second-order valence-corrected chi connectivity index (χ2v) is 5.10. The highest BCUT2D eigenvalue weighted by Crippen LogP contribution is 2.21. The molecule has 0 fully saturated rings. The lowest BCUT2D eigenvalue weighted by Gasteiger charge is -2.17. The average molecular weight is 276 g/mol. The predicted octanol–water partition coefficient (Wildman–Crippen LogP) is 2.38. The minimum Gasteiger partial charge on any atom is -0.373 e. The monoisotopic (exact) mass is 276 g/mol. The fourth-order valence-corrected chi connectivity index (χ4v) is 2.30. The van der Waals surface area contributed by atoms with Crippen molar-refractivity contribution in [2.45, 2.75) is 0 Å². The molecule has 0 bridgehead atoms. The molecule has 1 heterocycles. The van der Waals surface area contributed by atoms with E-state index < -0.39 is 0 Å². The standard InChI is InChI=1S/C13H18N5S/c1-17(8-7-14)12-5-3-11(4-6-12)15-16-13-18(2)9-10-19-13/h3-6,9-10H,7-8,14H2,1-2H3/q+1. The van der Waals surface area contributed by atoms with Crippen LogP contribution in [0.15, 0.2) is 46.1 Å². The van der Waals surface area contributed by atoms with E-state index in [1.165, 1.54) is 0 Å². The van der Waals surface area contributed by atoms with Crippen molar-refractivity contribution in [3.05, 3.63) is 35.8 Å². The first kappa shape index (κ1) is 13.6. The minimum absolute atomic E-state index is 0.646. The van der Waals surface area contributed by atoms with Gasteiger partial charge in [0.15, 0.2) is 0 Å². The first-order chi connectivity index (χ1) is 9.20. The number of azo groups is 1. The van der Waals surface area contributed by atoms with E-state index in [2.05, 4.69) is 15.1 Å². The second-order valence-electron chi connectivity index (χ2n) is 4.22. The Morgan fingerprint density at radius 1 is 1.26 bits per heavy atom. The van der Waals surface area contributed by atoms with Gasteiger partial charge in [-0.1, -0.05) is 0 Å². The van der Waals surface area contributed by atoms with Gasteiger partial charge in [-0.15, -0.1) is 0 Å². The number of aromatic nitrogens is 1. The van der Waals surface area contributed by atoms with Gasteiger partial charge in [0.2, 0.25) is 0 Å². The molecule has 0 unspecified atom stereocenters. The van der Waals surface area contributed by atoms with Crippen LogP contribution in [0.3, 0.4) is 0 Å². The van der Waals surface area contributed by atoms with E-state index in [0.29, 0.717) is 6.54 Å². The summed E-state index contributed by atoms with van der Waals surface area (Å²) in [5.41, 5.74) is 7.51. The van der Waals surface area contributed by atoms with Crippen LogP contribution in [0.4, 0.5) is 16.5 Å². The van der Waals surface area contributed by atoms with Crippen LogP contribution in [0, 0.1) is 0 Å². The van der Waals surface area contributed by atoms with E-state index in [1.807, 2.05) is 54.5 Å². The lowest BCUT2D eigenvalue weighted by atomic mass is 10.2. The van der Waals surface area contributed by atoms with E-state index in [1.54, 1.807) is 11.3 Å². The molecular formula is C13H18N5S+. The number of aryl methyl sites for hydroxylation is 1. The maximum absolute atomic E-state index is 5.54. The van der Waals surface area contributed by atoms with Gasteiger partial charge >= 0.3 is 5.13 Å². The van der Waals surface area contributed by atoms with Crippen molar-refractivity contribution in [3.8, 4) is 0 Å². The van der Waals surface area contributed by atoms with Crippen LogP contribution in [0.25, 0.3) is 0 Å². The summed E-state index contributed by atoms with van der Waals surface area (Å²) in [5, 5.41) is 11.3. The number of rotatable bonds is 5. The number of nitrogens with two attached hydrogens (primary N) is 1. The molecule has 0 saturated heterocycles. The fourth-order valence-electron chi connectivity index (χ4n) is 1.62. The lowest BCUT2D eigenvalue weighted by Crippen LogP contribution is -2.24. The average Bonchev–Trinajstić information content (AvgIpc) is 2.83. The summed E-state index contributed by atoms with van der Waals surface area (Å²) in [4.78, 5) is 2.11. The van der Waals surface area contributed by atoms with E-state index in [9.17, 15) is 0 Å². The summed E-state index contributed by atoms with van der Waals surface area (Å²) in [6.07, 6.45) is 1.96. The highest BCUT2D eigenvalue weighted by atomic mass is 32.1. The Hall–Kier alpha value is -1.79. The number of anilines is 1. The summed E-state index contributed by atoms with van der Waals surface area (Å²) in [7, 11) is 3.98. The smallest absolute Gasteiger partial charge is 0.373 e. The van der Waals surface area contributed by atoms with Gasteiger partial charge in [0.05, 0.1) is 12.2 Å². The molecule has 2 N–H and O–H groups in total. The van der Waals surface area contributed by atoms with Gasteiger partial charge < -0.3 is 10.6 Å². The fraction of sp³-hybridized carbons (Fsp3) is 0.308. The summed E-state index contributed by atoms with van der Waals surface area (Å²) in [6, 6.07) is 7.97. The number of likely N-dealkylation sites (N-methyl/N-ethyl adjacent to an activating group) is 1. The van der Waals surface area contributed by atoms with Gasteiger partial charge in [-0.25, -0.2) is 4.57 Å². The summed E-state index contributed by atoms with van der Waals surface area (Å²) in [6.45, 7) is 1.48. The SMILES string of the molecule is CN(CCN)c1ccc(N=Nc2scc[n+]2C)cc1. The van der Waals surface area contributed by atoms with Gasteiger partial charge in [-0.05, 0) is 40.7 Å². The Balaban J connectivity index is 2.07. The van der Waals surface area contributed by atoms with Crippen molar-refractivity contribution in [1.29, 1.82) is 0 Å². The molecule has 0 aliphatic heterocycles. The van der Waals surface area contributed by atoms with Crippen LogP contribution in [0.2, 0.25) is 0 Å². The van der Waals surface area contributed by atoms with E-state index in [4.69, 9.17) is 5.73 Å². The van der Waals surface area contributed by atoms with Crippen molar-refractivity contribution in [2.75, 3.05) is 25.0 Å². The van der Waals surface area contributed by atoms with Crippen LogP contribution in [0.5, 0.6) is 0 Å². The molecule has 6 heteroatoms. The van der Waals surface area contributed by atoms with Crippen LogP contribution >= 0.6 is 11.3 Å². The molecule has 0 radical (unpaired) electrons. The van der Waals surface area contributed by atoms with Crippen molar-refractivity contribution in [3.63, 3.8) is 0 Å². The Bertz CT molecular complexity index is 546. The van der Waals surface area contributed by atoms with Crippen molar-refractivity contribution in [2.24, 2.45) is 23.0 Å². The molecule has 0 spiro atoms. The Kier molecular flexibility index (Phi) is 4.59. The maximum atomic E-state index is 5.54. The zero-order valence-corrected chi connectivity index (χ0v) is 12.0. The molecule has 0 aliphatic carbocycles. The van der Waals surface area contributed by atoms with Crippen LogP contribution < -0.4 is 15.2 Å². The summed E-state index contributed by atoms with van der Waals surface area (Å²) in [5.74, 6) is 0. The lowest BCUT2D eigenvalue weighted by molar-refractivity contribution is -0.654. The highest BCUT2D eigenvalue weighted by Gasteiger charge is 2.07. The molecule has 2 aromatic rings. The van der Waals surface area contributed by atoms with Gasteiger partial charge in [-0.2, -0.15) is 0 Å². The third kappa shape index (κ3) is 3.59. The zero-order chi connectivity index (χ0) is 13.7. The van der Waals surface area contributed by atoms with Crippen LogP contribution in [0.1, 0.15) is 0 Å². The summed E-state index contributed by atoms with van der Waals surface area (Å²) < 4.78 is 1.94. The maximum Gasteiger partial charge on any atom is 0.408 e. The molecule has 0 saturated carbocycles. The first-order valence-corrected chi connectivity index (χ1v) is 6.95. The Labute approximate surface area is 117 Å². The summed E-state index contributed by atoms with van der Waals surface area (Å²) >= 11 is 1.56. The quantitative estimate of drug-likeness (QED) is 0.673. The Morgan fingerprint density at radius 3 is 2.58 bits per heavy atom. The largest absolute Gasteiger partial charge is 0.408 e. The number of benzene rings is 1. The molecule has 19 heavy (non-hydrogen) atoms. The van der Waals surface area contributed by atoms with Crippen LogP contribution in [-0.4, -0.2) is 20.1 Å². The van der Waals surface area contributed by atoms with Crippen molar-refractivity contribution >= 4 is 27.8 Å². The molecule has 2 rings (SSSR count). The molecule has 1 aromatic heterocycles. The number of thiazole rings is 1. The molecular weight excluding hydrogens is 258 g/mol. The normalized spacial score (nSPS) is 11.1. The zero-order valence-electron chi connectivity index (χ0n) is 11.2.